The van der Waals surface area contributed by atoms with Crippen molar-refractivity contribution in [1.29, 1.82) is 0 Å². The zero-order valence-electron chi connectivity index (χ0n) is 13.0. The van der Waals surface area contributed by atoms with E-state index in [0.29, 0.717) is 12.1 Å². The summed E-state index contributed by atoms with van der Waals surface area (Å²) in [6, 6.07) is 13.9. The molecular weight excluding hydrogens is 292 g/mol. The molecule has 0 saturated carbocycles. The number of aliphatic carboxylic acids is 1. The lowest BCUT2D eigenvalue weighted by molar-refractivity contribution is -0.138. The van der Waals surface area contributed by atoms with Crippen molar-refractivity contribution in [3.05, 3.63) is 70.8 Å². The number of hydrogen-bond donors (Lipinski definition) is 3. The highest BCUT2D eigenvalue weighted by atomic mass is 16.4. The van der Waals surface area contributed by atoms with Crippen LogP contribution in [0.3, 0.4) is 0 Å². The summed E-state index contributed by atoms with van der Waals surface area (Å²) in [5.41, 5.74) is 8.98. The van der Waals surface area contributed by atoms with Crippen LogP contribution in [-0.4, -0.2) is 23.0 Å². The average molecular weight is 312 g/mol. The number of carbonyl (C=O) groups excluding carboxylic acids is 1. The fourth-order valence-electron chi connectivity index (χ4n) is 2.21. The van der Waals surface area contributed by atoms with E-state index in [9.17, 15) is 9.59 Å². The van der Waals surface area contributed by atoms with Crippen LogP contribution in [0.4, 0.5) is 0 Å². The standard InChI is InChI=1S/C18H20N2O3/c1-12-3-2-4-15(9-12)17(21)20-11-14-7-5-13(6-8-14)10-16(19)18(22)23/h2-9,16H,10-11,19H2,1H3,(H,20,21)(H,22,23)/t16-/m0/s1. The highest BCUT2D eigenvalue weighted by molar-refractivity contribution is 5.94. The van der Waals surface area contributed by atoms with Gasteiger partial charge < -0.3 is 16.2 Å². The summed E-state index contributed by atoms with van der Waals surface area (Å²) in [6.45, 7) is 2.36. The van der Waals surface area contributed by atoms with Gasteiger partial charge in [-0.2, -0.15) is 0 Å². The first-order chi connectivity index (χ1) is 11.0. The summed E-state index contributed by atoms with van der Waals surface area (Å²) >= 11 is 0. The Morgan fingerprint density at radius 3 is 2.39 bits per heavy atom. The van der Waals surface area contributed by atoms with Gasteiger partial charge in [-0.1, -0.05) is 42.0 Å². The molecule has 4 N–H and O–H groups in total. The van der Waals surface area contributed by atoms with Gasteiger partial charge in [0.05, 0.1) is 0 Å². The van der Waals surface area contributed by atoms with Crippen LogP contribution in [0.15, 0.2) is 48.5 Å². The molecule has 0 aliphatic carbocycles. The van der Waals surface area contributed by atoms with Crippen LogP contribution < -0.4 is 11.1 Å². The van der Waals surface area contributed by atoms with Crippen molar-refractivity contribution in [2.75, 3.05) is 0 Å². The molecule has 0 heterocycles. The molecule has 0 aromatic heterocycles. The Bertz CT molecular complexity index is 696. The van der Waals surface area contributed by atoms with Gasteiger partial charge in [-0.05, 0) is 36.6 Å². The van der Waals surface area contributed by atoms with Crippen LogP contribution in [0.1, 0.15) is 27.0 Å². The normalized spacial score (nSPS) is 11.7. The molecule has 2 rings (SSSR count). The Morgan fingerprint density at radius 1 is 1.13 bits per heavy atom. The van der Waals surface area contributed by atoms with E-state index in [4.69, 9.17) is 10.8 Å². The highest BCUT2D eigenvalue weighted by Crippen LogP contribution is 2.08. The van der Waals surface area contributed by atoms with Crippen molar-refractivity contribution in [1.82, 2.24) is 5.32 Å². The van der Waals surface area contributed by atoms with Crippen molar-refractivity contribution in [2.45, 2.75) is 25.9 Å². The molecule has 2 aromatic rings. The van der Waals surface area contributed by atoms with Gasteiger partial charge in [0, 0.05) is 12.1 Å². The predicted molar refractivity (Wildman–Crippen MR) is 88.1 cm³/mol. The van der Waals surface area contributed by atoms with Crippen LogP contribution >= 0.6 is 0 Å². The van der Waals surface area contributed by atoms with E-state index < -0.39 is 12.0 Å². The topological polar surface area (TPSA) is 92.4 Å². The first-order valence-electron chi connectivity index (χ1n) is 7.37. The number of rotatable bonds is 6. The molecule has 0 unspecified atom stereocenters. The lowest BCUT2D eigenvalue weighted by Gasteiger charge is -2.09. The smallest absolute Gasteiger partial charge is 0.320 e. The zero-order chi connectivity index (χ0) is 16.8. The van der Waals surface area contributed by atoms with Gasteiger partial charge in [0.1, 0.15) is 6.04 Å². The molecule has 120 valence electrons. The minimum atomic E-state index is -1.01. The molecule has 5 heteroatoms. The Morgan fingerprint density at radius 2 is 1.78 bits per heavy atom. The van der Waals surface area contributed by atoms with E-state index >= 15 is 0 Å². The van der Waals surface area contributed by atoms with Crippen LogP contribution in [0.2, 0.25) is 0 Å². The molecule has 23 heavy (non-hydrogen) atoms. The molecule has 0 bridgehead atoms. The Labute approximate surface area is 135 Å². The second-order valence-corrected chi connectivity index (χ2v) is 5.52. The van der Waals surface area contributed by atoms with Crippen molar-refractivity contribution >= 4 is 11.9 Å². The number of carbonyl (C=O) groups is 2. The maximum absolute atomic E-state index is 12.1. The molecule has 2 aromatic carbocycles. The van der Waals surface area contributed by atoms with Gasteiger partial charge in [0.2, 0.25) is 0 Å². The Balaban J connectivity index is 1.91. The molecular formula is C18H20N2O3. The number of hydrogen-bond acceptors (Lipinski definition) is 3. The average Bonchev–Trinajstić information content (AvgIpc) is 2.53. The summed E-state index contributed by atoms with van der Waals surface area (Å²) in [5.74, 6) is -1.13. The maximum Gasteiger partial charge on any atom is 0.320 e. The van der Waals surface area contributed by atoms with E-state index in [-0.39, 0.29) is 12.3 Å². The first-order valence-corrected chi connectivity index (χ1v) is 7.37. The third-order valence-electron chi connectivity index (χ3n) is 3.53. The summed E-state index contributed by atoms with van der Waals surface area (Å²) in [7, 11) is 0. The molecule has 0 aliphatic heterocycles. The predicted octanol–water partition coefficient (Wildman–Crippen LogP) is 1.88. The molecule has 0 spiro atoms. The van der Waals surface area contributed by atoms with Crippen molar-refractivity contribution in [3.63, 3.8) is 0 Å². The number of aryl methyl sites for hydroxylation is 1. The lowest BCUT2D eigenvalue weighted by atomic mass is 10.0. The Kier molecular flexibility index (Phi) is 5.49. The summed E-state index contributed by atoms with van der Waals surface area (Å²) in [4.78, 5) is 22.8. The summed E-state index contributed by atoms with van der Waals surface area (Å²) < 4.78 is 0. The quantitative estimate of drug-likeness (QED) is 0.759. The molecule has 1 atom stereocenters. The van der Waals surface area contributed by atoms with Crippen LogP contribution in [0.25, 0.3) is 0 Å². The number of nitrogens with one attached hydrogen (secondary N) is 1. The minimum absolute atomic E-state index is 0.120. The minimum Gasteiger partial charge on any atom is -0.480 e. The number of carboxylic acids is 1. The van der Waals surface area contributed by atoms with Gasteiger partial charge in [-0.25, -0.2) is 0 Å². The van der Waals surface area contributed by atoms with E-state index in [2.05, 4.69) is 5.32 Å². The fourth-order valence-corrected chi connectivity index (χ4v) is 2.21. The molecule has 0 aliphatic rings. The molecule has 0 saturated heterocycles. The molecule has 5 nitrogen and oxygen atoms in total. The monoisotopic (exact) mass is 312 g/mol. The molecule has 0 fully saturated rings. The summed E-state index contributed by atoms with van der Waals surface area (Å²) in [6.07, 6.45) is 0.283. The second kappa shape index (κ2) is 7.56. The van der Waals surface area contributed by atoms with Gasteiger partial charge in [-0.15, -0.1) is 0 Å². The molecule has 1 amide bonds. The summed E-state index contributed by atoms with van der Waals surface area (Å²) in [5, 5.41) is 11.7. The van der Waals surface area contributed by atoms with Gasteiger partial charge in [0.15, 0.2) is 0 Å². The lowest BCUT2D eigenvalue weighted by Crippen LogP contribution is -2.32. The van der Waals surface area contributed by atoms with E-state index in [1.165, 1.54) is 0 Å². The third kappa shape index (κ3) is 4.93. The zero-order valence-corrected chi connectivity index (χ0v) is 13.0. The van der Waals surface area contributed by atoms with Crippen LogP contribution in [-0.2, 0) is 17.8 Å². The Hall–Kier alpha value is -2.66. The van der Waals surface area contributed by atoms with Crippen molar-refractivity contribution in [3.8, 4) is 0 Å². The van der Waals surface area contributed by atoms with E-state index in [0.717, 1.165) is 16.7 Å². The maximum atomic E-state index is 12.1. The van der Waals surface area contributed by atoms with E-state index in [1.807, 2.05) is 49.4 Å². The van der Waals surface area contributed by atoms with Crippen molar-refractivity contribution in [2.24, 2.45) is 5.73 Å². The van der Waals surface area contributed by atoms with Crippen LogP contribution in [0, 0.1) is 6.92 Å². The number of benzene rings is 2. The highest BCUT2D eigenvalue weighted by Gasteiger charge is 2.12. The van der Waals surface area contributed by atoms with E-state index in [1.54, 1.807) is 6.07 Å². The SMILES string of the molecule is Cc1cccc(C(=O)NCc2ccc(C[C@H](N)C(=O)O)cc2)c1. The number of carboxylic acid groups (broad SMARTS) is 1. The van der Waals surface area contributed by atoms with Gasteiger partial charge in [-0.3, -0.25) is 9.59 Å². The first kappa shape index (κ1) is 16.7. The number of nitrogens with two attached hydrogens (primary N) is 1. The largest absolute Gasteiger partial charge is 0.480 e. The molecule has 0 radical (unpaired) electrons. The third-order valence-corrected chi connectivity index (χ3v) is 3.53. The van der Waals surface area contributed by atoms with Gasteiger partial charge in [0.25, 0.3) is 5.91 Å². The van der Waals surface area contributed by atoms with Gasteiger partial charge >= 0.3 is 5.97 Å². The number of amides is 1. The van der Waals surface area contributed by atoms with Crippen molar-refractivity contribution < 1.29 is 14.7 Å². The second-order valence-electron chi connectivity index (χ2n) is 5.52. The fraction of sp³-hybridized carbons (Fsp3) is 0.222. The van der Waals surface area contributed by atoms with Crippen LogP contribution in [0.5, 0.6) is 0 Å².